The van der Waals surface area contributed by atoms with Crippen molar-refractivity contribution >= 4 is 11.7 Å². The third-order valence-electron chi connectivity index (χ3n) is 3.86. The topological polar surface area (TPSA) is 72.5 Å². The van der Waals surface area contributed by atoms with E-state index < -0.39 is 0 Å². The Balaban J connectivity index is 1.59. The SMILES string of the molecule is COc1ccc(CNc2ccc(C(=O)NC3CC3)cn2)cc1OC. The molecule has 1 aliphatic rings. The second kappa shape index (κ2) is 7.21. The molecule has 1 fully saturated rings. The number of nitrogens with one attached hydrogen (secondary N) is 2. The Labute approximate surface area is 141 Å². The quantitative estimate of drug-likeness (QED) is 0.818. The molecule has 0 saturated heterocycles. The van der Waals surface area contributed by atoms with Crippen LogP contribution in [0.4, 0.5) is 5.82 Å². The first-order valence-corrected chi connectivity index (χ1v) is 7.91. The van der Waals surface area contributed by atoms with E-state index in [0.717, 1.165) is 18.4 Å². The Kier molecular flexibility index (Phi) is 4.84. The fourth-order valence-electron chi connectivity index (χ4n) is 2.31. The Hall–Kier alpha value is -2.76. The minimum atomic E-state index is -0.0589. The van der Waals surface area contributed by atoms with E-state index in [1.54, 1.807) is 26.5 Å². The number of benzene rings is 1. The largest absolute Gasteiger partial charge is 0.493 e. The van der Waals surface area contributed by atoms with Crippen molar-refractivity contribution in [3.63, 3.8) is 0 Å². The lowest BCUT2D eigenvalue weighted by Crippen LogP contribution is -2.25. The number of ether oxygens (including phenoxy) is 2. The van der Waals surface area contributed by atoms with E-state index in [2.05, 4.69) is 15.6 Å². The van der Waals surface area contributed by atoms with Crippen LogP contribution in [0.15, 0.2) is 36.5 Å². The maximum atomic E-state index is 11.9. The van der Waals surface area contributed by atoms with E-state index in [0.29, 0.717) is 35.5 Å². The van der Waals surface area contributed by atoms with Crippen LogP contribution >= 0.6 is 0 Å². The summed E-state index contributed by atoms with van der Waals surface area (Å²) in [6.07, 6.45) is 3.74. The normalized spacial score (nSPS) is 13.2. The van der Waals surface area contributed by atoms with Gasteiger partial charge >= 0.3 is 0 Å². The molecule has 6 nitrogen and oxygen atoms in total. The van der Waals surface area contributed by atoms with E-state index in [4.69, 9.17) is 9.47 Å². The predicted octanol–water partition coefficient (Wildman–Crippen LogP) is 2.60. The molecule has 1 amide bonds. The first-order chi connectivity index (χ1) is 11.7. The van der Waals surface area contributed by atoms with Gasteiger partial charge in [0.2, 0.25) is 0 Å². The number of amides is 1. The zero-order valence-electron chi connectivity index (χ0n) is 13.8. The second-order valence-corrected chi connectivity index (χ2v) is 5.72. The van der Waals surface area contributed by atoms with Crippen molar-refractivity contribution in [1.29, 1.82) is 0 Å². The van der Waals surface area contributed by atoms with Gasteiger partial charge in [-0.25, -0.2) is 4.98 Å². The van der Waals surface area contributed by atoms with E-state index in [1.165, 1.54) is 0 Å². The number of carbonyl (C=O) groups is 1. The molecule has 1 saturated carbocycles. The third kappa shape index (κ3) is 3.95. The minimum absolute atomic E-state index is 0.0589. The standard InChI is InChI=1S/C18H21N3O3/c1-23-15-7-3-12(9-16(15)24-2)10-19-17-8-4-13(11-20-17)18(22)21-14-5-6-14/h3-4,7-9,11,14H,5-6,10H2,1-2H3,(H,19,20)(H,21,22). The highest BCUT2D eigenvalue weighted by molar-refractivity contribution is 5.94. The van der Waals surface area contributed by atoms with Crippen LogP contribution in [-0.4, -0.2) is 31.2 Å². The van der Waals surface area contributed by atoms with Crippen LogP contribution in [0.3, 0.4) is 0 Å². The lowest BCUT2D eigenvalue weighted by atomic mass is 10.2. The summed E-state index contributed by atoms with van der Waals surface area (Å²) in [4.78, 5) is 16.2. The average Bonchev–Trinajstić information content (AvgIpc) is 3.44. The van der Waals surface area contributed by atoms with Crippen molar-refractivity contribution in [3.05, 3.63) is 47.7 Å². The summed E-state index contributed by atoms with van der Waals surface area (Å²) in [6.45, 7) is 0.598. The Bertz CT molecular complexity index is 712. The van der Waals surface area contributed by atoms with Crippen LogP contribution in [0, 0.1) is 0 Å². The first kappa shape index (κ1) is 16.1. The van der Waals surface area contributed by atoms with Crippen LogP contribution in [0.2, 0.25) is 0 Å². The summed E-state index contributed by atoms with van der Waals surface area (Å²) in [5, 5.41) is 6.18. The highest BCUT2D eigenvalue weighted by atomic mass is 16.5. The molecule has 0 spiro atoms. The van der Waals surface area contributed by atoms with E-state index in [9.17, 15) is 4.79 Å². The fourth-order valence-corrected chi connectivity index (χ4v) is 2.31. The zero-order chi connectivity index (χ0) is 16.9. The fraction of sp³-hybridized carbons (Fsp3) is 0.333. The molecule has 126 valence electrons. The summed E-state index contributed by atoms with van der Waals surface area (Å²) >= 11 is 0. The number of aromatic nitrogens is 1. The maximum absolute atomic E-state index is 11.9. The van der Waals surface area contributed by atoms with Crippen molar-refractivity contribution in [2.75, 3.05) is 19.5 Å². The molecule has 2 aromatic rings. The highest BCUT2D eigenvalue weighted by Crippen LogP contribution is 2.27. The van der Waals surface area contributed by atoms with Gasteiger partial charge < -0.3 is 20.1 Å². The number of pyridine rings is 1. The van der Waals surface area contributed by atoms with Gasteiger partial charge in [0.05, 0.1) is 19.8 Å². The number of methoxy groups -OCH3 is 2. The Morgan fingerprint density at radius 1 is 1.17 bits per heavy atom. The van der Waals surface area contributed by atoms with Crippen molar-refractivity contribution in [2.45, 2.75) is 25.4 Å². The van der Waals surface area contributed by atoms with E-state index in [-0.39, 0.29) is 5.91 Å². The van der Waals surface area contributed by atoms with E-state index >= 15 is 0 Å². The zero-order valence-corrected chi connectivity index (χ0v) is 13.8. The molecule has 1 aromatic heterocycles. The molecular weight excluding hydrogens is 306 g/mol. The van der Waals surface area contributed by atoms with Crippen LogP contribution in [0.1, 0.15) is 28.8 Å². The average molecular weight is 327 g/mol. The number of carbonyl (C=O) groups excluding carboxylic acids is 1. The molecule has 1 aromatic carbocycles. The van der Waals surface area contributed by atoms with Crippen LogP contribution in [-0.2, 0) is 6.54 Å². The van der Waals surface area contributed by atoms with Crippen molar-refractivity contribution in [1.82, 2.24) is 10.3 Å². The summed E-state index contributed by atoms with van der Waals surface area (Å²) in [7, 11) is 3.22. The molecular formula is C18H21N3O3. The van der Waals surface area contributed by atoms with Crippen LogP contribution in [0.5, 0.6) is 11.5 Å². The molecule has 0 bridgehead atoms. The second-order valence-electron chi connectivity index (χ2n) is 5.72. The number of hydrogen-bond donors (Lipinski definition) is 2. The van der Waals surface area contributed by atoms with Gasteiger partial charge in [0.25, 0.3) is 5.91 Å². The Morgan fingerprint density at radius 2 is 1.96 bits per heavy atom. The van der Waals surface area contributed by atoms with Gasteiger partial charge in [0.15, 0.2) is 11.5 Å². The lowest BCUT2D eigenvalue weighted by molar-refractivity contribution is 0.0950. The third-order valence-corrected chi connectivity index (χ3v) is 3.86. The molecule has 0 aliphatic heterocycles. The number of nitrogens with zero attached hydrogens (tertiary/aromatic N) is 1. The molecule has 0 atom stereocenters. The molecule has 2 N–H and O–H groups in total. The molecule has 6 heteroatoms. The lowest BCUT2D eigenvalue weighted by Gasteiger charge is -2.11. The van der Waals surface area contributed by atoms with Crippen molar-refractivity contribution in [3.8, 4) is 11.5 Å². The van der Waals surface area contributed by atoms with Gasteiger partial charge in [-0.3, -0.25) is 4.79 Å². The summed E-state index contributed by atoms with van der Waals surface area (Å²) in [6, 6.07) is 9.69. The van der Waals surface area contributed by atoms with Gasteiger partial charge in [-0.1, -0.05) is 6.07 Å². The molecule has 3 rings (SSSR count). The molecule has 24 heavy (non-hydrogen) atoms. The molecule has 1 heterocycles. The highest BCUT2D eigenvalue weighted by Gasteiger charge is 2.23. The number of rotatable bonds is 7. The minimum Gasteiger partial charge on any atom is -0.493 e. The predicted molar refractivity (Wildman–Crippen MR) is 91.6 cm³/mol. The molecule has 1 aliphatic carbocycles. The maximum Gasteiger partial charge on any atom is 0.253 e. The van der Waals surface area contributed by atoms with Gasteiger partial charge in [-0.05, 0) is 42.7 Å². The van der Waals surface area contributed by atoms with Gasteiger partial charge in [0.1, 0.15) is 5.82 Å². The summed E-state index contributed by atoms with van der Waals surface area (Å²) < 4.78 is 10.5. The monoisotopic (exact) mass is 327 g/mol. The van der Waals surface area contributed by atoms with Gasteiger partial charge in [-0.2, -0.15) is 0 Å². The summed E-state index contributed by atoms with van der Waals surface area (Å²) in [5.41, 5.74) is 1.63. The van der Waals surface area contributed by atoms with Gasteiger partial charge in [0, 0.05) is 18.8 Å². The van der Waals surface area contributed by atoms with E-state index in [1.807, 2.05) is 24.3 Å². The molecule has 0 unspecified atom stereocenters. The van der Waals surface area contributed by atoms with Gasteiger partial charge in [-0.15, -0.1) is 0 Å². The van der Waals surface area contributed by atoms with Crippen molar-refractivity contribution < 1.29 is 14.3 Å². The number of hydrogen-bond acceptors (Lipinski definition) is 5. The molecule has 0 radical (unpaired) electrons. The van der Waals surface area contributed by atoms with Crippen LogP contribution < -0.4 is 20.1 Å². The first-order valence-electron chi connectivity index (χ1n) is 7.91. The van der Waals surface area contributed by atoms with Crippen LogP contribution in [0.25, 0.3) is 0 Å². The Morgan fingerprint density at radius 3 is 2.58 bits per heavy atom. The van der Waals surface area contributed by atoms with Crippen molar-refractivity contribution in [2.24, 2.45) is 0 Å². The summed E-state index contributed by atoms with van der Waals surface area (Å²) in [5.74, 6) is 2.05. The smallest absolute Gasteiger partial charge is 0.253 e. The number of anilines is 1.